The van der Waals surface area contributed by atoms with Gasteiger partial charge in [-0.2, -0.15) is 0 Å². The Hall–Kier alpha value is -2.17. The quantitative estimate of drug-likeness (QED) is 0.877. The minimum absolute atomic E-state index is 0.0114. The summed E-state index contributed by atoms with van der Waals surface area (Å²) < 4.78 is 5.42. The number of anilines is 1. The molecule has 112 valence electrons. The van der Waals surface area contributed by atoms with Crippen molar-refractivity contribution in [2.75, 3.05) is 11.4 Å². The highest BCUT2D eigenvalue weighted by Crippen LogP contribution is 2.29. The molecule has 0 spiro atoms. The van der Waals surface area contributed by atoms with E-state index in [1.807, 2.05) is 42.5 Å². The van der Waals surface area contributed by atoms with Crippen molar-refractivity contribution in [3.63, 3.8) is 0 Å². The molecule has 0 fully saturated rings. The van der Waals surface area contributed by atoms with Crippen molar-refractivity contribution in [3.05, 3.63) is 64.7 Å². The SMILES string of the molecule is NC1Cc2ccccc2N(C(=O)c2ccc3c(c2)COC3)C1. The molecule has 2 aromatic rings. The molecule has 4 nitrogen and oxygen atoms in total. The van der Waals surface area contributed by atoms with E-state index in [-0.39, 0.29) is 11.9 Å². The second-order valence-electron chi connectivity index (χ2n) is 5.98. The molecule has 2 heterocycles. The first kappa shape index (κ1) is 13.5. The monoisotopic (exact) mass is 294 g/mol. The second-order valence-corrected chi connectivity index (χ2v) is 5.98. The van der Waals surface area contributed by atoms with Gasteiger partial charge < -0.3 is 15.4 Å². The fourth-order valence-electron chi connectivity index (χ4n) is 3.28. The standard InChI is InChI=1S/C18H18N2O2/c19-16-8-12-3-1-2-4-17(12)20(9-16)18(21)13-5-6-14-10-22-11-15(14)7-13/h1-7,16H,8-11,19H2. The molecule has 4 rings (SSSR count). The second kappa shape index (κ2) is 5.23. The maximum absolute atomic E-state index is 12.9. The summed E-state index contributed by atoms with van der Waals surface area (Å²) in [4.78, 5) is 14.7. The molecule has 0 aromatic heterocycles. The molecule has 2 aromatic carbocycles. The molecule has 1 atom stereocenters. The molecule has 0 aliphatic carbocycles. The maximum atomic E-state index is 12.9. The summed E-state index contributed by atoms with van der Waals surface area (Å²) in [6, 6.07) is 13.8. The largest absolute Gasteiger partial charge is 0.372 e. The van der Waals surface area contributed by atoms with E-state index >= 15 is 0 Å². The van der Waals surface area contributed by atoms with Crippen LogP contribution >= 0.6 is 0 Å². The molecule has 0 bridgehead atoms. The maximum Gasteiger partial charge on any atom is 0.258 e. The lowest BCUT2D eigenvalue weighted by molar-refractivity contribution is 0.0983. The van der Waals surface area contributed by atoms with Crippen molar-refractivity contribution in [1.29, 1.82) is 0 Å². The summed E-state index contributed by atoms with van der Waals surface area (Å²) in [5.41, 5.74) is 11.2. The molecule has 1 unspecified atom stereocenters. The molecule has 0 saturated carbocycles. The van der Waals surface area contributed by atoms with Crippen LogP contribution in [0.15, 0.2) is 42.5 Å². The van der Waals surface area contributed by atoms with Gasteiger partial charge >= 0.3 is 0 Å². The highest BCUT2D eigenvalue weighted by atomic mass is 16.5. The average molecular weight is 294 g/mol. The van der Waals surface area contributed by atoms with Crippen LogP contribution in [0.3, 0.4) is 0 Å². The Kier molecular flexibility index (Phi) is 3.21. The number of nitrogens with zero attached hydrogens (tertiary/aromatic N) is 1. The van der Waals surface area contributed by atoms with Gasteiger partial charge in [0.15, 0.2) is 0 Å². The Morgan fingerprint density at radius 3 is 2.82 bits per heavy atom. The zero-order chi connectivity index (χ0) is 15.1. The first-order valence-corrected chi connectivity index (χ1v) is 7.57. The summed E-state index contributed by atoms with van der Waals surface area (Å²) >= 11 is 0. The predicted octanol–water partition coefficient (Wildman–Crippen LogP) is 2.25. The number of para-hydroxylation sites is 1. The fraction of sp³-hybridized carbons (Fsp3) is 0.278. The van der Waals surface area contributed by atoms with Gasteiger partial charge in [0, 0.05) is 23.8 Å². The lowest BCUT2D eigenvalue weighted by Gasteiger charge is -2.33. The third-order valence-electron chi connectivity index (χ3n) is 4.40. The van der Waals surface area contributed by atoms with Crippen molar-refractivity contribution >= 4 is 11.6 Å². The zero-order valence-corrected chi connectivity index (χ0v) is 12.3. The summed E-state index contributed by atoms with van der Waals surface area (Å²) in [5.74, 6) is 0.0114. The summed E-state index contributed by atoms with van der Waals surface area (Å²) in [5, 5.41) is 0. The molecule has 2 N–H and O–H groups in total. The fourth-order valence-corrected chi connectivity index (χ4v) is 3.28. The number of nitrogens with two attached hydrogens (primary N) is 1. The van der Waals surface area contributed by atoms with Gasteiger partial charge in [-0.25, -0.2) is 0 Å². The molecular formula is C18H18N2O2. The summed E-state index contributed by atoms with van der Waals surface area (Å²) in [6.07, 6.45) is 0.817. The molecular weight excluding hydrogens is 276 g/mol. The Bertz CT molecular complexity index is 742. The van der Waals surface area contributed by atoms with Gasteiger partial charge in [0.05, 0.1) is 13.2 Å². The van der Waals surface area contributed by atoms with Crippen LogP contribution in [0.2, 0.25) is 0 Å². The van der Waals surface area contributed by atoms with E-state index in [0.717, 1.165) is 23.2 Å². The van der Waals surface area contributed by atoms with Gasteiger partial charge in [0.1, 0.15) is 0 Å². The first-order chi connectivity index (χ1) is 10.7. The Balaban J connectivity index is 1.71. The van der Waals surface area contributed by atoms with Crippen molar-refractivity contribution in [1.82, 2.24) is 0 Å². The van der Waals surface area contributed by atoms with E-state index in [1.165, 1.54) is 5.56 Å². The Morgan fingerprint density at radius 2 is 1.91 bits per heavy atom. The van der Waals surface area contributed by atoms with E-state index in [0.29, 0.717) is 25.3 Å². The Labute approximate surface area is 129 Å². The highest BCUT2D eigenvalue weighted by molar-refractivity contribution is 6.07. The van der Waals surface area contributed by atoms with E-state index in [9.17, 15) is 4.79 Å². The van der Waals surface area contributed by atoms with E-state index in [2.05, 4.69) is 0 Å². The lowest BCUT2D eigenvalue weighted by Crippen LogP contribution is -2.46. The van der Waals surface area contributed by atoms with Crippen LogP contribution < -0.4 is 10.6 Å². The van der Waals surface area contributed by atoms with Crippen LogP contribution in [0.4, 0.5) is 5.69 Å². The predicted molar refractivity (Wildman–Crippen MR) is 84.7 cm³/mol. The number of benzene rings is 2. The molecule has 2 aliphatic heterocycles. The van der Waals surface area contributed by atoms with Gasteiger partial charge in [0.25, 0.3) is 5.91 Å². The number of rotatable bonds is 1. The Morgan fingerprint density at radius 1 is 1.09 bits per heavy atom. The molecule has 2 aliphatic rings. The van der Waals surface area contributed by atoms with Gasteiger partial charge in [-0.1, -0.05) is 24.3 Å². The minimum atomic E-state index is -0.0170. The van der Waals surface area contributed by atoms with Gasteiger partial charge in [0.2, 0.25) is 0 Å². The van der Waals surface area contributed by atoms with Crippen LogP contribution in [0.1, 0.15) is 27.0 Å². The van der Waals surface area contributed by atoms with Crippen LogP contribution in [0.5, 0.6) is 0 Å². The molecule has 0 saturated heterocycles. The molecule has 0 radical (unpaired) electrons. The van der Waals surface area contributed by atoms with Crippen LogP contribution in [-0.2, 0) is 24.4 Å². The van der Waals surface area contributed by atoms with Crippen LogP contribution in [0, 0.1) is 0 Å². The normalized spacial score (nSPS) is 19.7. The average Bonchev–Trinajstić information content (AvgIpc) is 3.00. The highest BCUT2D eigenvalue weighted by Gasteiger charge is 2.27. The first-order valence-electron chi connectivity index (χ1n) is 7.57. The van der Waals surface area contributed by atoms with Crippen molar-refractivity contribution < 1.29 is 9.53 Å². The third kappa shape index (κ3) is 2.21. The number of amides is 1. The number of hydrogen-bond acceptors (Lipinski definition) is 3. The van der Waals surface area contributed by atoms with E-state index in [4.69, 9.17) is 10.5 Å². The number of fused-ring (bicyclic) bond motifs is 2. The summed E-state index contributed by atoms with van der Waals surface area (Å²) in [6.45, 7) is 1.79. The van der Waals surface area contributed by atoms with Crippen LogP contribution in [-0.4, -0.2) is 18.5 Å². The smallest absolute Gasteiger partial charge is 0.258 e. The topological polar surface area (TPSA) is 55.6 Å². The molecule has 22 heavy (non-hydrogen) atoms. The number of hydrogen-bond donors (Lipinski definition) is 1. The lowest BCUT2D eigenvalue weighted by atomic mass is 9.97. The number of ether oxygens (including phenoxy) is 1. The van der Waals surface area contributed by atoms with Gasteiger partial charge in [-0.3, -0.25) is 4.79 Å². The molecule has 4 heteroatoms. The van der Waals surface area contributed by atoms with Crippen molar-refractivity contribution in [2.45, 2.75) is 25.7 Å². The minimum Gasteiger partial charge on any atom is -0.372 e. The third-order valence-corrected chi connectivity index (χ3v) is 4.40. The zero-order valence-electron chi connectivity index (χ0n) is 12.3. The number of carbonyl (C=O) groups excluding carboxylic acids is 1. The van der Waals surface area contributed by atoms with E-state index < -0.39 is 0 Å². The molecule has 1 amide bonds. The van der Waals surface area contributed by atoms with Gasteiger partial charge in [-0.05, 0) is 41.3 Å². The van der Waals surface area contributed by atoms with E-state index in [1.54, 1.807) is 4.90 Å². The van der Waals surface area contributed by atoms with Crippen LogP contribution in [0.25, 0.3) is 0 Å². The van der Waals surface area contributed by atoms with Crippen molar-refractivity contribution in [2.24, 2.45) is 5.73 Å². The van der Waals surface area contributed by atoms with Crippen molar-refractivity contribution in [3.8, 4) is 0 Å². The van der Waals surface area contributed by atoms with Gasteiger partial charge in [-0.15, -0.1) is 0 Å². The number of carbonyl (C=O) groups is 1. The summed E-state index contributed by atoms with van der Waals surface area (Å²) in [7, 11) is 0.